The molecule has 1 aromatic carbocycles. The lowest BCUT2D eigenvalue weighted by molar-refractivity contribution is 0.0709. The van der Waals surface area contributed by atoms with Crippen LogP contribution in [0.3, 0.4) is 0 Å². The summed E-state index contributed by atoms with van der Waals surface area (Å²) < 4.78 is 40.4. The number of nitrogens with zero attached hydrogens (tertiary/aromatic N) is 2. The van der Waals surface area contributed by atoms with E-state index in [1.165, 1.54) is 19.4 Å². The molecule has 0 saturated carbocycles. The van der Waals surface area contributed by atoms with Crippen molar-refractivity contribution in [1.82, 2.24) is 14.2 Å². The van der Waals surface area contributed by atoms with Crippen LogP contribution in [0.1, 0.15) is 36.3 Å². The van der Waals surface area contributed by atoms with Crippen LogP contribution in [0.4, 0.5) is 0 Å². The van der Waals surface area contributed by atoms with Gasteiger partial charge in [-0.05, 0) is 44.0 Å². The molecule has 0 atom stereocenters. The Morgan fingerprint density at radius 3 is 2.48 bits per heavy atom. The largest absolute Gasteiger partial charge is 0.493 e. The number of carbonyl (C=O) groups excluding carboxylic acids is 1. The Morgan fingerprint density at radius 1 is 1.10 bits per heavy atom. The third kappa shape index (κ3) is 4.40. The quantitative estimate of drug-likeness (QED) is 0.741. The lowest BCUT2D eigenvalue weighted by atomic mass is 10.2. The van der Waals surface area contributed by atoms with Crippen molar-refractivity contribution in [3.8, 4) is 11.5 Å². The Labute approximate surface area is 171 Å². The van der Waals surface area contributed by atoms with Crippen LogP contribution in [0.2, 0.25) is 0 Å². The molecule has 1 amide bonds. The van der Waals surface area contributed by atoms with E-state index in [4.69, 9.17) is 9.47 Å². The monoisotopic (exact) mass is 421 g/mol. The molecule has 0 aliphatic carbocycles. The van der Waals surface area contributed by atoms with Crippen LogP contribution in [-0.2, 0) is 23.1 Å². The highest BCUT2D eigenvalue weighted by Crippen LogP contribution is 2.28. The Hall–Kier alpha value is -2.52. The number of rotatable bonds is 7. The van der Waals surface area contributed by atoms with Gasteiger partial charge in [0, 0.05) is 31.9 Å². The molecule has 1 N–H and O–H groups in total. The second kappa shape index (κ2) is 8.46. The number of methoxy groups -OCH3 is 2. The highest BCUT2D eigenvalue weighted by Gasteiger charge is 2.28. The van der Waals surface area contributed by atoms with Crippen LogP contribution in [0.5, 0.6) is 11.5 Å². The van der Waals surface area contributed by atoms with Crippen LogP contribution in [0.25, 0.3) is 0 Å². The Kier molecular flexibility index (Phi) is 6.18. The van der Waals surface area contributed by atoms with E-state index >= 15 is 0 Å². The van der Waals surface area contributed by atoms with Crippen molar-refractivity contribution in [2.45, 2.75) is 44.3 Å². The van der Waals surface area contributed by atoms with Crippen molar-refractivity contribution in [1.29, 1.82) is 0 Å². The van der Waals surface area contributed by atoms with Crippen LogP contribution >= 0.6 is 0 Å². The first kappa shape index (κ1) is 21.2. The highest BCUT2D eigenvalue weighted by atomic mass is 32.2. The summed E-state index contributed by atoms with van der Waals surface area (Å²) in [6.45, 7) is 5.28. The molecule has 2 aromatic rings. The zero-order chi connectivity index (χ0) is 21.2. The average molecular weight is 422 g/mol. The number of hydrogen-bond donors (Lipinski definition) is 1. The first-order chi connectivity index (χ1) is 13.8. The van der Waals surface area contributed by atoms with Gasteiger partial charge in [0.05, 0.1) is 14.2 Å². The van der Waals surface area contributed by atoms with Crippen molar-refractivity contribution in [2.24, 2.45) is 0 Å². The third-order valence-corrected chi connectivity index (χ3v) is 6.37. The Morgan fingerprint density at radius 2 is 1.83 bits per heavy atom. The lowest BCUT2D eigenvalue weighted by Crippen LogP contribution is -2.36. The molecule has 0 unspecified atom stereocenters. The van der Waals surface area contributed by atoms with E-state index in [2.05, 4.69) is 4.72 Å². The van der Waals surface area contributed by atoms with Gasteiger partial charge in [0.25, 0.3) is 5.91 Å². The van der Waals surface area contributed by atoms with Gasteiger partial charge in [-0.1, -0.05) is 6.07 Å². The highest BCUT2D eigenvalue weighted by molar-refractivity contribution is 7.89. The fraction of sp³-hybridized carbons (Fsp3) is 0.450. The number of fused-ring (bicyclic) bond motifs is 1. The number of carbonyl (C=O) groups is 1. The number of amides is 1. The lowest BCUT2D eigenvalue weighted by Gasteiger charge is -2.24. The summed E-state index contributed by atoms with van der Waals surface area (Å²) in [7, 11) is -0.708. The van der Waals surface area contributed by atoms with Crippen molar-refractivity contribution < 1.29 is 22.7 Å². The number of nitrogens with one attached hydrogen (secondary N) is 1. The maximum Gasteiger partial charge on any atom is 0.270 e. The Bertz CT molecular complexity index is 998. The van der Waals surface area contributed by atoms with Crippen molar-refractivity contribution in [2.75, 3.05) is 20.8 Å². The molecule has 2 heterocycles. The van der Waals surface area contributed by atoms with Gasteiger partial charge in [0.1, 0.15) is 10.6 Å². The van der Waals surface area contributed by atoms with E-state index in [0.29, 0.717) is 30.3 Å². The predicted octanol–water partition coefficient (Wildman–Crippen LogP) is 2.24. The minimum absolute atomic E-state index is 0.0622. The fourth-order valence-electron chi connectivity index (χ4n) is 3.40. The van der Waals surface area contributed by atoms with Crippen LogP contribution in [0, 0.1) is 0 Å². The number of ether oxygens (including phenoxy) is 2. The SMILES string of the molecule is COc1ccc(CNS(=O)(=O)c2cc3n(c2)CCCN(C(C)C)C3=O)cc1OC. The number of hydrogen-bond acceptors (Lipinski definition) is 5. The van der Waals surface area contributed by atoms with Gasteiger partial charge in [-0.3, -0.25) is 4.79 Å². The molecule has 158 valence electrons. The standard InChI is InChI=1S/C20H27N3O5S/c1-14(2)23-9-5-8-22-13-16(11-17(22)20(23)24)29(25,26)21-12-15-6-7-18(27-3)19(10-15)28-4/h6-7,10-11,13-14,21H,5,8-9,12H2,1-4H3. The summed E-state index contributed by atoms with van der Waals surface area (Å²) in [5, 5.41) is 0. The molecule has 1 aromatic heterocycles. The first-order valence-electron chi connectivity index (χ1n) is 9.48. The van der Waals surface area contributed by atoms with E-state index < -0.39 is 10.0 Å². The second-order valence-corrected chi connectivity index (χ2v) is 8.98. The molecule has 1 aliphatic rings. The van der Waals surface area contributed by atoms with Gasteiger partial charge in [-0.25, -0.2) is 13.1 Å². The van der Waals surface area contributed by atoms with E-state index in [9.17, 15) is 13.2 Å². The van der Waals surface area contributed by atoms with Crippen LogP contribution < -0.4 is 14.2 Å². The maximum atomic E-state index is 12.8. The first-order valence-corrected chi connectivity index (χ1v) is 11.0. The number of aromatic nitrogens is 1. The van der Waals surface area contributed by atoms with Crippen molar-refractivity contribution in [3.05, 3.63) is 41.7 Å². The van der Waals surface area contributed by atoms with Crippen molar-refractivity contribution >= 4 is 15.9 Å². The summed E-state index contributed by atoms with van der Waals surface area (Å²) in [5.74, 6) is 0.960. The Balaban J connectivity index is 1.80. The molecule has 8 nitrogen and oxygen atoms in total. The second-order valence-electron chi connectivity index (χ2n) is 7.21. The van der Waals surface area contributed by atoms with Gasteiger partial charge in [-0.15, -0.1) is 0 Å². The molecule has 0 bridgehead atoms. The van der Waals surface area contributed by atoms with Crippen LogP contribution in [0.15, 0.2) is 35.4 Å². The third-order valence-electron chi connectivity index (χ3n) is 5.00. The molecular weight excluding hydrogens is 394 g/mol. The summed E-state index contributed by atoms with van der Waals surface area (Å²) >= 11 is 0. The molecular formula is C20H27N3O5S. The van der Waals surface area contributed by atoms with Gasteiger partial charge in [0.15, 0.2) is 11.5 Å². The number of sulfonamides is 1. The molecule has 29 heavy (non-hydrogen) atoms. The summed E-state index contributed by atoms with van der Waals surface area (Å²) in [5.41, 5.74) is 1.14. The normalized spacial score (nSPS) is 14.7. The van der Waals surface area contributed by atoms with Gasteiger partial charge in [-0.2, -0.15) is 0 Å². The van der Waals surface area contributed by atoms with E-state index in [1.54, 1.807) is 34.8 Å². The van der Waals surface area contributed by atoms with Gasteiger partial charge >= 0.3 is 0 Å². The van der Waals surface area contributed by atoms with Crippen molar-refractivity contribution in [3.63, 3.8) is 0 Å². The maximum absolute atomic E-state index is 12.8. The number of aryl methyl sites for hydroxylation is 1. The molecule has 9 heteroatoms. The molecule has 0 spiro atoms. The van der Waals surface area contributed by atoms with E-state index in [-0.39, 0.29) is 23.4 Å². The summed E-state index contributed by atoms with van der Waals surface area (Å²) in [6.07, 6.45) is 2.32. The zero-order valence-electron chi connectivity index (χ0n) is 17.1. The minimum atomic E-state index is -3.77. The molecule has 0 radical (unpaired) electrons. The number of benzene rings is 1. The topological polar surface area (TPSA) is 89.9 Å². The fourth-order valence-corrected chi connectivity index (χ4v) is 4.46. The van der Waals surface area contributed by atoms with Gasteiger partial charge < -0.3 is 18.9 Å². The van der Waals surface area contributed by atoms with Gasteiger partial charge in [0.2, 0.25) is 10.0 Å². The zero-order valence-corrected chi connectivity index (χ0v) is 18.0. The van der Waals surface area contributed by atoms with Crippen LogP contribution in [-0.4, -0.2) is 50.6 Å². The molecule has 3 rings (SSSR count). The molecule has 0 saturated heterocycles. The van der Waals surface area contributed by atoms with E-state index in [1.807, 2.05) is 13.8 Å². The summed E-state index contributed by atoms with van der Waals surface area (Å²) in [6, 6.07) is 6.73. The molecule has 1 aliphatic heterocycles. The average Bonchev–Trinajstić information content (AvgIpc) is 3.07. The predicted molar refractivity (Wildman–Crippen MR) is 109 cm³/mol. The minimum Gasteiger partial charge on any atom is -0.493 e. The summed E-state index contributed by atoms with van der Waals surface area (Å²) in [4.78, 5) is 14.7. The molecule has 0 fully saturated rings. The van der Waals surface area contributed by atoms with E-state index in [0.717, 1.165) is 12.0 Å². The smallest absolute Gasteiger partial charge is 0.270 e.